The lowest BCUT2D eigenvalue weighted by Crippen LogP contribution is -2.44. The van der Waals surface area contributed by atoms with E-state index in [1.165, 1.54) is 6.92 Å². The Labute approximate surface area is 77.1 Å². The fourth-order valence-electron chi connectivity index (χ4n) is 1.25. The molecule has 0 aromatic carbocycles. The van der Waals surface area contributed by atoms with E-state index < -0.39 is 17.9 Å². The molecule has 0 aliphatic carbocycles. The van der Waals surface area contributed by atoms with Crippen molar-refractivity contribution < 1.29 is 13.5 Å². The summed E-state index contributed by atoms with van der Waals surface area (Å²) in [7, 11) is 1.67. The highest BCUT2D eigenvalue weighted by molar-refractivity contribution is 5.85. The van der Waals surface area contributed by atoms with Crippen LogP contribution in [0, 0.1) is 5.41 Å². The first-order valence-electron chi connectivity index (χ1n) is 3.62. The van der Waals surface area contributed by atoms with Crippen LogP contribution in [0.5, 0.6) is 0 Å². The van der Waals surface area contributed by atoms with Crippen LogP contribution in [0.3, 0.4) is 0 Å². The van der Waals surface area contributed by atoms with Crippen molar-refractivity contribution in [3.8, 4) is 0 Å². The summed E-state index contributed by atoms with van der Waals surface area (Å²) in [5.41, 5.74) is -1.03. The van der Waals surface area contributed by atoms with E-state index in [0.717, 1.165) is 0 Å². The number of hydrogen-bond donors (Lipinski definition) is 1. The largest absolute Gasteiger partial charge is 0.374 e. The lowest BCUT2D eigenvalue weighted by molar-refractivity contribution is -0.0769. The van der Waals surface area contributed by atoms with Crippen molar-refractivity contribution in [3.63, 3.8) is 0 Å². The average Bonchev–Trinajstić information content (AvgIpc) is 2.09. The summed E-state index contributed by atoms with van der Waals surface area (Å²) >= 11 is 0. The summed E-state index contributed by atoms with van der Waals surface area (Å²) in [5.74, 6) is -2.68. The summed E-state index contributed by atoms with van der Waals surface area (Å²) < 4.78 is 30.8. The van der Waals surface area contributed by atoms with Gasteiger partial charge in [0, 0.05) is 6.54 Å². The first-order valence-corrected chi connectivity index (χ1v) is 3.62. The van der Waals surface area contributed by atoms with Gasteiger partial charge in [0.15, 0.2) is 0 Å². The molecule has 1 saturated heterocycles. The average molecular weight is 202 g/mol. The van der Waals surface area contributed by atoms with Crippen molar-refractivity contribution in [2.24, 2.45) is 5.41 Å². The van der Waals surface area contributed by atoms with Crippen LogP contribution in [-0.4, -0.2) is 32.7 Å². The molecule has 1 rings (SSSR count). The molecule has 1 fully saturated rings. The smallest absolute Gasteiger partial charge is 0.279 e. The lowest BCUT2D eigenvalue weighted by Gasteiger charge is -2.28. The Morgan fingerprint density at radius 2 is 2.00 bits per heavy atom. The van der Waals surface area contributed by atoms with Crippen LogP contribution in [0.4, 0.5) is 8.78 Å². The number of rotatable bonds is 2. The van der Waals surface area contributed by atoms with Gasteiger partial charge in [0.25, 0.3) is 5.92 Å². The first-order chi connectivity index (χ1) is 5.02. The maximum Gasteiger partial charge on any atom is 0.279 e. The van der Waals surface area contributed by atoms with Crippen LogP contribution in [-0.2, 0) is 4.74 Å². The number of hydrogen-bond acceptors (Lipinski definition) is 2. The van der Waals surface area contributed by atoms with Crippen molar-refractivity contribution in [1.82, 2.24) is 5.32 Å². The Kier molecular flexibility index (Phi) is 3.87. The normalized spacial score (nSPS) is 33.0. The summed E-state index contributed by atoms with van der Waals surface area (Å²) in [4.78, 5) is 0. The molecule has 0 aromatic heterocycles. The second-order valence-electron chi connectivity index (χ2n) is 3.29. The molecule has 0 bridgehead atoms. The van der Waals surface area contributed by atoms with E-state index >= 15 is 0 Å². The van der Waals surface area contributed by atoms with Gasteiger partial charge in [0.1, 0.15) is 6.61 Å². The molecule has 74 valence electrons. The van der Waals surface area contributed by atoms with Gasteiger partial charge >= 0.3 is 0 Å². The Morgan fingerprint density at radius 3 is 2.33 bits per heavy atom. The fourth-order valence-corrected chi connectivity index (χ4v) is 1.25. The van der Waals surface area contributed by atoms with Crippen LogP contribution >= 0.6 is 12.4 Å². The Bertz CT molecular complexity index is 156. The minimum absolute atomic E-state index is 0. The van der Waals surface area contributed by atoms with Crippen LogP contribution in [0.25, 0.3) is 0 Å². The predicted octanol–water partition coefficient (Wildman–Crippen LogP) is 1.30. The molecule has 1 atom stereocenters. The van der Waals surface area contributed by atoms with Gasteiger partial charge in [-0.15, -0.1) is 12.4 Å². The Hall–Kier alpha value is 0.0700. The Morgan fingerprint density at radius 1 is 1.42 bits per heavy atom. The molecule has 1 heterocycles. The highest BCUT2D eigenvalue weighted by atomic mass is 35.5. The zero-order valence-corrected chi connectivity index (χ0v) is 8.01. The zero-order valence-electron chi connectivity index (χ0n) is 7.19. The van der Waals surface area contributed by atoms with Gasteiger partial charge in [-0.1, -0.05) is 6.92 Å². The van der Waals surface area contributed by atoms with Crippen molar-refractivity contribution in [3.05, 3.63) is 0 Å². The summed E-state index contributed by atoms with van der Waals surface area (Å²) in [6, 6.07) is 0. The predicted molar refractivity (Wildman–Crippen MR) is 45.0 cm³/mol. The fraction of sp³-hybridized carbons (Fsp3) is 1.00. The molecule has 0 amide bonds. The number of halogens is 3. The highest BCUT2D eigenvalue weighted by Crippen LogP contribution is 2.41. The molecule has 5 heteroatoms. The second kappa shape index (κ2) is 3.85. The van der Waals surface area contributed by atoms with Gasteiger partial charge in [0.2, 0.25) is 0 Å². The minimum atomic E-state index is -2.68. The van der Waals surface area contributed by atoms with Crippen molar-refractivity contribution >= 4 is 12.4 Å². The van der Waals surface area contributed by atoms with Gasteiger partial charge in [-0.25, -0.2) is 8.78 Å². The molecule has 1 aliphatic rings. The van der Waals surface area contributed by atoms with Crippen LogP contribution in [0.15, 0.2) is 0 Å². The molecular weight excluding hydrogens is 188 g/mol. The van der Waals surface area contributed by atoms with E-state index in [-0.39, 0.29) is 19.0 Å². The third kappa shape index (κ3) is 1.87. The second-order valence-corrected chi connectivity index (χ2v) is 3.29. The zero-order chi connectivity index (χ0) is 8.54. The SMILES string of the molecule is CNCC1(C)COCC1(F)F.Cl. The first kappa shape index (κ1) is 12.1. The van der Waals surface area contributed by atoms with E-state index in [0.29, 0.717) is 6.54 Å². The number of alkyl halides is 2. The Balaban J connectivity index is 0.00000121. The maximum atomic E-state index is 13.0. The molecule has 0 radical (unpaired) electrons. The minimum Gasteiger partial charge on any atom is -0.374 e. The van der Waals surface area contributed by atoms with Crippen molar-refractivity contribution in [1.29, 1.82) is 0 Å². The maximum absolute atomic E-state index is 13.0. The number of nitrogens with one attached hydrogen (secondary N) is 1. The molecule has 1 N–H and O–H groups in total. The third-order valence-corrected chi connectivity index (χ3v) is 2.15. The molecule has 2 nitrogen and oxygen atoms in total. The van der Waals surface area contributed by atoms with Gasteiger partial charge in [-0.05, 0) is 7.05 Å². The summed E-state index contributed by atoms with van der Waals surface area (Å²) in [6.07, 6.45) is 0. The third-order valence-electron chi connectivity index (χ3n) is 2.15. The molecule has 0 saturated carbocycles. The summed E-state index contributed by atoms with van der Waals surface area (Å²) in [6.45, 7) is 1.53. The molecule has 0 spiro atoms. The van der Waals surface area contributed by atoms with Crippen molar-refractivity contribution in [2.75, 3.05) is 26.8 Å². The summed E-state index contributed by atoms with van der Waals surface area (Å²) in [5, 5.41) is 2.75. The topological polar surface area (TPSA) is 21.3 Å². The molecular formula is C7H14ClF2NO. The van der Waals surface area contributed by atoms with Crippen LogP contribution in [0.1, 0.15) is 6.92 Å². The molecule has 1 unspecified atom stereocenters. The molecule has 1 aliphatic heterocycles. The van der Waals surface area contributed by atoms with Gasteiger partial charge in [-0.2, -0.15) is 0 Å². The standard InChI is InChI=1S/C7H13F2NO.ClH/c1-6(3-10-2)4-11-5-7(6,8)9;/h10H,3-5H2,1-2H3;1H. The lowest BCUT2D eigenvalue weighted by atomic mass is 9.86. The van der Waals surface area contributed by atoms with Crippen LogP contribution < -0.4 is 5.32 Å². The van der Waals surface area contributed by atoms with E-state index in [9.17, 15) is 8.78 Å². The van der Waals surface area contributed by atoms with E-state index in [4.69, 9.17) is 4.74 Å². The van der Waals surface area contributed by atoms with E-state index in [1.54, 1.807) is 7.05 Å². The number of ether oxygens (including phenoxy) is 1. The van der Waals surface area contributed by atoms with Gasteiger partial charge in [-0.3, -0.25) is 0 Å². The van der Waals surface area contributed by atoms with Crippen LogP contribution in [0.2, 0.25) is 0 Å². The van der Waals surface area contributed by atoms with E-state index in [1.807, 2.05) is 0 Å². The monoisotopic (exact) mass is 201 g/mol. The van der Waals surface area contributed by atoms with Gasteiger partial charge in [0.05, 0.1) is 12.0 Å². The molecule has 12 heavy (non-hydrogen) atoms. The van der Waals surface area contributed by atoms with E-state index in [2.05, 4.69) is 5.32 Å². The van der Waals surface area contributed by atoms with Gasteiger partial charge < -0.3 is 10.1 Å². The van der Waals surface area contributed by atoms with Crippen molar-refractivity contribution in [2.45, 2.75) is 12.8 Å². The quantitative estimate of drug-likeness (QED) is 0.727. The highest BCUT2D eigenvalue weighted by Gasteiger charge is 2.54. The molecule has 0 aromatic rings.